The highest BCUT2D eigenvalue weighted by atomic mass is 16.2. The molecule has 0 radical (unpaired) electrons. The van der Waals surface area contributed by atoms with Gasteiger partial charge in [-0.05, 0) is 17.4 Å². The number of pyridine rings is 1. The van der Waals surface area contributed by atoms with Crippen molar-refractivity contribution in [2.75, 3.05) is 18.9 Å². The molecule has 1 saturated heterocycles. The van der Waals surface area contributed by atoms with Crippen molar-refractivity contribution in [2.45, 2.75) is 33.7 Å². The number of nitrogens with zero attached hydrogens (tertiary/aromatic N) is 2. The Balaban J connectivity index is 2.10. The Labute approximate surface area is 115 Å². The van der Waals surface area contributed by atoms with E-state index in [9.17, 15) is 4.79 Å². The summed E-state index contributed by atoms with van der Waals surface area (Å²) in [7, 11) is 1.86. The van der Waals surface area contributed by atoms with Crippen LogP contribution in [0, 0.1) is 11.3 Å². The minimum Gasteiger partial charge on any atom is -0.373 e. The van der Waals surface area contributed by atoms with Gasteiger partial charge in [-0.3, -0.25) is 4.79 Å². The summed E-state index contributed by atoms with van der Waals surface area (Å²) in [4.78, 5) is 18.4. The van der Waals surface area contributed by atoms with Crippen LogP contribution in [0.2, 0.25) is 0 Å². The van der Waals surface area contributed by atoms with E-state index in [2.05, 4.69) is 31.1 Å². The van der Waals surface area contributed by atoms with E-state index in [1.165, 1.54) is 0 Å². The first-order chi connectivity index (χ1) is 8.91. The molecule has 4 heteroatoms. The van der Waals surface area contributed by atoms with E-state index in [0.29, 0.717) is 18.9 Å². The maximum absolute atomic E-state index is 12.1. The van der Waals surface area contributed by atoms with E-state index < -0.39 is 0 Å². The van der Waals surface area contributed by atoms with E-state index in [0.717, 1.165) is 17.9 Å². The second-order valence-corrected chi connectivity index (χ2v) is 6.30. The number of amides is 1. The number of carbonyl (C=O) groups is 1. The van der Waals surface area contributed by atoms with E-state index >= 15 is 0 Å². The second kappa shape index (κ2) is 5.19. The van der Waals surface area contributed by atoms with Crippen molar-refractivity contribution in [1.29, 1.82) is 0 Å². The molecule has 1 amide bonds. The number of hydrogen-bond acceptors (Lipinski definition) is 3. The van der Waals surface area contributed by atoms with Gasteiger partial charge in [-0.1, -0.05) is 26.8 Å². The van der Waals surface area contributed by atoms with Crippen molar-refractivity contribution in [3.63, 3.8) is 0 Å². The third kappa shape index (κ3) is 3.06. The first kappa shape index (κ1) is 13.8. The zero-order valence-electron chi connectivity index (χ0n) is 12.2. The topological polar surface area (TPSA) is 45.2 Å². The molecule has 4 nitrogen and oxygen atoms in total. The minimum atomic E-state index is 0.186. The van der Waals surface area contributed by atoms with Crippen LogP contribution in [0.5, 0.6) is 0 Å². The van der Waals surface area contributed by atoms with Crippen LogP contribution in [0.4, 0.5) is 5.82 Å². The van der Waals surface area contributed by atoms with Gasteiger partial charge in [0.2, 0.25) is 5.91 Å². The lowest BCUT2D eigenvalue weighted by Gasteiger charge is -2.26. The van der Waals surface area contributed by atoms with Crippen LogP contribution in [0.25, 0.3) is 0 Å². The van der Waals surface area contributed by atoms with Gasteiger partial charge < -0.3 is 10.2 Å². The van der Waals surface area contributed by atoms with Gasteiger partial charge in [-0.25, -0.2) is 4.98 Å². The van der Waals surface area contributed by atoms with Crippen LogP contribution in [0.15, 0.2) is 18.3 Å². The summed E-state index contributed by atoms with van der Waals surface area (Å²) in [6.45, 7) is 8.11. The van der Waals surface area contributed by atoms with Gasteiger partial charge in [-0.2, -0.15) is 0 Å². The maximum Gasteiger partial charge on any atom is 0.223 e. The van der Waals surface area contributed by atoms with Gasteiger partial charge in [0.05, 0.1) is 0 Å². The molecule has 104 valence electrons. The first-order valence-electron chi connectivity index (χ1n) is 6.81. The molecule has 0 saturated carbocycles. The molecule has 19 heavy (non-hydrogen) atoms. The summed E-state index contributed by atoms with van der Waals surface area (Å²) in [6, 6.07) is 3.94. The maximum atomic E-state index is 12.1. The smallest absolute Gasteiger partial charge is 0.223 e. The molecule has 1 atom stereocenters. The molecule has 1 aromatic heterocycles. The van der Waals surface area contributed by atoms with E-state index in [4.69, 9.17) is 0 Å². The van der Waals surface area contributed by atoms with Gasteiger partial charge in [0.25, 0.3) is 0 Å². The highest BCUT2D eigenvalue weighted by Gasteiger charge is 2.36. The van der Waals surface area contributed by atoms with Crippen LogP contribution in [-0.2, 0) is 11.3 Å². The van der Waals surface area contributed by atoms with Gasteiger partial charge in [0.1, 0.15) is 5.82 Å². The average molecular weight is 261 g/mol. The SMILES string of the molecule is CNc1ncccc1CN1CC(C(C)(C)C)CC1=O. The average Bonchev–Trinajstić information content (AvgIpc) is 2.72. The fourth-order valence-corrected chi connectivity index (χ4v) is 2.50. The summed E-state index contributed by atoms with van der Waals surface area (Å²) in [6.07, 6.45) is 2.43. The van der Waals surface area contributed by atoms with Gasteiger partial charge in [0.15, 0.2) is 0 Å². The largest absolute Gasteiger partial charge is 0.373 e. The molecule has 0 aliphatic carbocycles. The van der Waals surface area contributed by atoms with Crippen LogP contribution < -0.4 is 5.32 Å². The quantitative estimate of drug-likeness (QED) is 0.909. The fourth-order valence-electron chi connectivity index (χ4n) is 2.50. The van der Waals surface area contributed by atoms with Crippen LogP contribution in [-0.4, -0.2) is 29.4 Å². The van der Waals surface area contributed by atoms with Crippen molar-refractivity contribution >= 4 is 11.7 Å². The Morgan fingerprint density at radius 1 is 1.47 bits per heavy atom. The van der Waals surface area contributed by atoms with Gasteiger partial charge in [0, 0.05) is 38.3 Å². The molecule has 1 aliphatic rings. The Morgan fingerprint density at radius 2 is 2.21 bits per heavy atom. The molecule has 2 rings (SSSR count). The molecule has 1 fully saturated rings. The van der Waals surface area contributed by atoms with E-state index in [1.807, 2.05) is 24.1 Å². The third-order valence-electron chi connectivity index (χ3n) is 3.93. The summed E-state index contributed by atoms with van der Waals surface area (Å²) in [5, 5.41) is 3.08. The molecule has 1 unspecified atom stereocenters. The number of hydrogen-bond donors (Lipinski definition) is 1. The Kier molecular flexibility index (Phi) is 3.78. The van der Waals surface area contributed by atoms with Crippen LogP contribution in [0.1, 0.15) is 32.8 Å². The summed E-state index contributed by atoms with van der Waals surface area (Å²) >= 11 is 0. The summed E-state index contributed by atoms with van der Waals surface area (Å²) < 4.78 is 0. The lowest BCUT2D eigenvalue weighted by Crippen LogP contribution is -2.27. The second-order valence-electron chi connectivity index (χ2n) is 6.30. The lowest BCUT2D eigenvalue weighted by atomic mass is 9.80. The molecule has 1 aromatic rings. The minimum absolute atomic E-state index is 0.186. The molecule has 0 aromatic carbocycles. The molecule has 1 N–H and O–H groups in total. The Morgan fingerprint density at radius 3 is 2.79 bits per heavy atom. The van der Waals surface area contributed by atoms with Gasteiger partial charge >= 0.3 is 0 Å². The Hall–Kier alpha value is -1.58. The molecule has 0 spiro atoms. The number of carbonyl (C=O) groups excluding carboxylic acids is 1. The third-order valence-corrected chi connectivity index (χ3v) is 3.93. The predicted molar refractivity (Wildman–Crippen MR) is 76.8 cm³/mol. The zero-order valence-corrected chi connectivity index (χ0v) is 12.2. The molecule has 2 heterocycles. The lowest BCUT2D eigenvalue weighted by molar-refractivity contribution is -0.128. The fraction of sp³-hybridized carbons (Fsp3) is 0.600. The van der Waals surface area contributed by atoms with E-state index in [-0.39, 0.29) is 11.3 Å². The highest BCUT2D eigenvalue weighted by molar-refractivity contribution is 5.79. The van der Waals surface area contributed by atoms with Crippen molar-refractivity contribution in [3.8, 4) is 0 Å². The van der Waals surface area contributed by atoms with Crippen LogP contribution in [0.3, 0.4) is 0 Å². The predicted octanol–water partition coefficient (Wildman–Crippen LogP) is 2.52. The van der Waals surface area contributed by atoms with Crippen molar-refractivity contribution < 1.29 is 4.79 Å². The van der Waals surface area contributed by atoms with Crippen LogP contribution >= 0.6 is 0 Å². The first-order valence-corrected chi connectivity index (χ1v) is 6.81. The monoisotopic (exact) mass is 261 g/mol. The summed E-state index contributed by atoms with van der Waals surface area (Å²) in [5.74, 6) is 1.55. The summed E-state index contributed by atoms with van der Waals surface area (Å²) in [5.41, 5.74) is 1.26. The number of rotatable bonds is 3. The van der Waals surface area contributed by atoms with Crippen molar-refractivity contribution in [3.05, 3.63) is 23.9 Å². The zero-order chi connectivity index (χ0) is 14.0. The normalized spacial score (nSPS) is 19.9. The molecular weight excluding hydrogens is 238 g/mol. The number of aromatic nitrogens is 1. The standard InChI is InChI=1S/C15H23N3O/c1-15(2,3)12-8-13(19)18(10-12)9-11-6-5-7-17-14(11)16-4/h5-7,12H,8-10H2,1-4H3,(H,16,17). The number of nitrogens with one attached hydrogen (secondary N) is 1. The number of anilines is 1. The molecule has 1 aliphatic heterocycles. The van der Waals surface area contributed by atoms with Crippen molar-refractivity contribution in [1.82, 2.24) is 9.88 Å². The Bertz CT molecular complexity index is 465. The van der Waals surface area contributed by atoms with Gasteiger partial charge in [-0.15, -0.1) is 0 Å². The molecule has 0 bridgehead atoms. The molecular formula is C15H23N3O. The highest BCUT2D eigenvalue weighted by Crippen LogP contribution is 2.35. The number of likely N-dealkylation sites (tertiary alicyclic amines) is 1. The van der Waals surface area contributed by atoms with Crippen molar-refractivity contribution in [2.24, 2.45) is 11.3 Å². The van der Waals surface area contributed by atoms with E-state index in [1.54, 1.807) is 6.20 Å².